The molecule has 0 fully saturated rings. The smallest absolute Gasteiger partial charge is 0.338 e. The first-order chi connectivity index (χ1) is 15.8. The lowest BCUT2D eigenvalue weighted by Gasteiger charge is -2.21. The van der Waals surface area contributed by atoms with Crippen LogP contribution in [0.25, 0.3) is 0 Å². The van der Waals surface area contributed by atoms with Crippen molar-refractivity contribution in [2.45, 2.75) is 40.5 Å². The van der Waals surface area contributed by atoms with E-state index in [1.807, 2.05) is 48.5 Å². The predicted molar refractivity (Wildman–Crippen MR) is 137 cm³/mol. The van der Waals surface area contributed by atoms with E-state index < -0.39 is 0 Å². The number of nitrogens with one attached hydrogen (secondary N) is 1. The summed E-state index contributed by atoms with van der Waals surface area (Å²) < 4.78 is 4.91. The molecule has 2 amide bonds. The average molecular weight is 453 g/mol. The van der Waals surface area contributed by atoms with Gasteiger partial charge in [0.25, 0.3) is 0 Å². The van der Waals surface area contributed by atoms with Crippen molar-refractivity contribution in [3.8, 4) is 0 Å². The fourth-order valence-corrected chi connectivity index (χ4v) is 3.60. The molecule has 6 nitrogen and oxygen atoms in total. The third-order valence-corrected chi connectivity index (χ3v) is 5.35. The Hall–Kier alpha value is -2.70. The first-order valence-corrected chi connectivity index (χ1v) is 11.7. The minimum Gasteiger partial charge on any atom is -0.384 e. The fourth-order valence-electron chi connectivity index (χ4n) is 3.60. The largest absolute Gasteiger partial charge is 0.384 e. The van der Waals surface area contributed by atoms with E-state index in [1.54, 1.807) is 12.1 Å². The van der Waals surface area contributed by atoms with Crippen LogP contribution < -0.4 is 5.32 Å². The molecule has 1 N–H and O–H groups in total. The topological polar surface area (TPSA) is 57.2 Å². The molecule has 0 saturated heterocycles. The van der Waals surface area contributed by atoms with Crippen LogP contribution in [0.5, 0.6) is 0 Å². The molecule has 180 valence electrons. The highest BCUT2D eigenvalue weighted by Gasteiger charge is 2.32. The van der Waals surface area contributed by atoms with Crippen LogP contribution in [0.3, 0.4) is 0 Å². The standard InChI is InChI=1S/C21H26N4O.C6H14O/c1-3-24(4-2)16-22-21(26)25-15-19(17-11-7-5-8-12-17)20(23-25)18-13-9-6-10-14-18;1-6(2,3)5-7-4/h5-14,19H,3-4,15-16H2,1-2H3,(H,22,26);5H2,1-4H3. The van der Waals surface area contributed by atoms with E-state index in [-0.39, 0.29) is 11.9 Å². The summed E-state index contributed by atoms with van der Waals surface area (Å²) in [4.78, 5) is 14.8. The van der Waals surface area contributed by atoms with Gasteiger partial charge in [-0.05, 0) is 29.6 Å². The molecule has 6 heteroatoms. The lowest BCUT2D eigenvalue weighted by atomic mass is 9.91. The maximum absolute atomic E-state index is 12.6. The van der Waals surface area contributed by atoms with E-state index in [4.69, 9.17) is 4.74 Å². The monoisotopic (exact) mass is 452 g/mol. The van der Waals surface area contributed by atoms with Crippen LogP contribution in [-0.2, 0) is 4.74 Å². The molecule has 1 aliphatic heterocycles. The van der Waals surface area contributed by atoms with Crippen molar-refractivity contribution in [1.29, 1.82) is 0 Å². The third kappa shape index (κ3) is 8.63. The fraction of sp³-hybridized carbons (Fsp3) is 0.481. The zero-order chi connectivity index (χ0) is 24.3. The molecule has 0 aliphatic carbocycles. The molecule has 1 unspecified atom stereocenters. The van der Waals surface area contributed by atoms with E-state index in [0.29, 0.717) is 18.6 Å². The first-order valence-electron chi connectivity index (χ1n) is 11.7. The van der Waals surface area contributed by atoms with Gasteiger partial charge in [0.2, 0.25) is 0 Å². The quantitative estimate of drug-likeness (QED) is 0.589. The van der Waals surface area contributed by atoms with Crippen molar-refractivity contribution in [3.63, 3.8) is 0 Å². The zero-order valence-corrected chi connectivity index (χ0v) is 21.0. The number of ether oxygens (including phenoxy) is 1. The molecule has 0 saturated carbocycles. The number of hydrazone groups is 1. The maximum Gasteiger partial charge on any atom is 0.338 e. The molecular formula is C27H40N4O2. The van der Waals surface area contributed by atoms with Gasteiger partial charge in [-0.15, -0.1) is 0 Å². The minimum absolute atomic E-state index is 0.0813. The van der Waals surface area contributed by atoms with Gasteiger partial charge in [-0.25, -0.2) is 9.80 Å². The summed E-state index contributed by atoms with van der Waals surface area (Å²) in [5, 5.41) is 9.20. The minimum atomic E-state index is -0.149. The zero-order valence-electron chi connectivity index (χ0n) is 21.0. The lowest BCUT2D eigenvalue weighted by Crippen LogP contribution is -2.42. The van der Waals surface area contributed by atoms with Crippen LogP contribution in [-0.4, -0.2) is 61.7 Å². The van der Waals surface area contributed by atoms with Crippen LogP contribution in [0, 0.1) is 5.41 Å². The predicted octanol–water partition coefficient (Wildman–Crippen LogP) is 5.18. The number of urea groups is 1. The Kier molecular flexibility index (Phi) is 10.6. The number of methoxy groups -OCH3 is 1. The summed E-state index contributed by atoms with van der Waals surface area (Å²) in [6, 6.07) is 20.2. The van der Waals surface area contributed by atoms with Crippen molar-refractivity contribution in [2.75, 3.05) is 40.0 Å². The summed E-state index contributed by atoms with van der Waals surface area (Å²) in [6.07, 6.45) is 0. The van der Waals surface area contributed by atoms with Gasteiger partial charge in [-0.2, -0.15) is 5.10 Å². The Bertz CT molecular complexity index is 859. The van der Waals surface area contributed by atoms with Crippen molar-refractivity contribution in [3.05, 3.63) is 71.8 Å². The van der Waals surface area contributed by atoms with Crippen molar-refractivity contribution in [2.24, 2.45) is 10.5 Å². The number of nitrogens with zero attached hydrogens (tertiary/aromatic N) is 3. The van der Waals surface area contributed by atoms with Gasteiger partial charge in [-0.3, -0.25) is 4.90 Å². The van der Waals surface area contributed by atoms with Gasteiger partial charge in [0.05, 0.1) is 25.5 Å². The summed E-state index contributed by atoms with van der Waals surface area (Å²) in [7, 11) is 1.73. The molecule has 1 heterocycles. The van der Waals surface area contributed by atoms with Gasteiger partial charge in [0.1, 0.15) is 0 Å². The average Bonchev–Trinajstić information content (AvgIpc) is 3.26. The molecular weight excluding hydrogens is 412 g/mol. The molecule has 1 aliphatic rings. The SMILES string of the molecule is CCN(CC)CNC(=O)N1CC(c2ccccc2)C(c2ccccc2)=N1.COCC(C)(C)C. The van der Waals surface area contributed by atoms with Gasteiger partial charge in [0, 0.05) is 13.0 Å². The maximum atomic E-state index is 12.6. The van der Waals surface area contributed by atoms with Crippen LogP contribution in [0.4, 0.5) is 4.79 Å². The number of carbonyl (C=O) groups is 1. The Morgan fingerprint density at radius 2 is 1.64 bits per heavy atom. The second-order valence-corrected chi connectivity index (χ2v) is 9.33. The second kappa shape index (κ2) is 13.1. The number of carbonyl (C=O) groups excluding carboxylic acids is 1. The summed E-state index contributed by atoms with van der Waals surface area (Å²) in [5.41, 5.74) is 3.50. The Balaban J connectivity index is 0.000000479. The number of amides is 2. The molecule has 0 radical (unpaired) electrons. The summed E-state index contributed by atoms with van der Waals surface area (Å²) in [5.74, 6) is 0.0813. The molecule has 2 aromatic carbocycles. The number of rotatable bonds is 7. The molecule has 1 atom stereocenters. The third-order valence-electron chi connectivity index (χ3n) is 5.35. The first kappa shape index (κ1) is 26.6. The lowest BCUT2D eigenvalue weighted by molar-refractivity contribution is 0.116. The normalized spacial score (nSPS) is 15.7. The van der Waals surface area contributed by atoms with E-state index in [2.05, 4.69) is 62.1 Å². The van der Waals surface area contributed by atoms with Crippen molar-refractivity contribution >= 4 is 11.7 Å². The molecule has 0 aromatic heterocycles. The highest BCUT2D eigenvalue weighted by molar-refractivity contribution is 6.07. The Labute approximate surface area is 199 Å². The van der Waals surface area contributed by atoms with E-state index in [1.165, 1.54) is 5.56 Å². The van der Waals surface area contributed by atoms with E-state index >= 15 is 0 Å². The van der Waals surface area contributed by atoms with E-state index in [9.17, 15) is 4.79 Å². The van der Waals surface area contributed by atoms with Gasteiger partial charge < -0.3 is 10.1 Å². The molecule has 2 aromatic rings. The van der Waals surface area contributed by atoms with E-state index in [0.717, 1.165) is 31.0 Å². The van der Waals surface area contributed by atoms with Crippen molar-refractivity contribution in [1.82, 2.24) is 15.2 Å². The summed E-state index contributed by atoms with van der Waals surface area (Å²) >= 11 is 0. The number of hydrogen-bond donors (Lipinski definition) is 1. The highest BCUT2D eigenvalue weighted by atomic mass is 16.5. The van der Waals surface area contributed by atoms with Gasteiger partial charge in [-0.1, -0.05) is 95.3 Å². The van der Waals surface area contributed by atoms with Crippen LogP contribution >= 0.6 is 0 Å². The molecule has 33 heavy (non-hydrogen) atoms. The molecule has 0 spiro atoms. The molecule has 0 bridgehead atoms. The van der Waals surface area contributed by atoms with Crippen LogP contribution in [0.2, 0.25) is 0 Å². The van der Waals surface area contributed by atoms with Gasteiger partial charge >= 0.3 is 6.03 Å². The number of hydrogen-bond acceptors (Lipinski definition) is 4. The second-order valence-electron chi connectivity index (χ2n) is 9.33. The van der Waals surface area contributed by atoms with Crippen LogP contribution in [0.1, 0.15) is 51.7 Å². The van der Waals surface area contributed by atoms with Crippen molar-refractivity contribution < 1.29 is 9.53 Å². The molecule has 3 rings (SSSR count). The Morgan fingerprint density at radius 3 is 2.12 bits per heavy atom. The summed E-state index contributed by atoms with van der Waals surface area (Å²) in [6.45, 7) is 14.4. The van der Waals surface area contributed by atoms with Crippen LogP contribution in [0.15, 0.2) is 65.8 Å². The number of benzene rings is 2. The Morgan fingerprint density at radius 1 is 1.06 bits per heavy atom. The highest BCUT2D eigenvalue weighted by Crippen LogP contribution is 2.28. The van der Waals surface area contributed by atoms with Gasteiger partial charge in [0.15, 0.2) is 0 Å².